The van der Waals surface area contributed by atoms with Crippen LogP contribution in [0.3, 0.4) is 0 Å². The molecule has 0 bridgehead atoms. The largest absolute Gasteiger partial charge is 0.316 e. The second-order valence-electron chi connectivity index (χ2n) is 5.02. The number of nitrogens with zero attached hydrogens (tertiary/aromatic N) is 3. The summed E-state index contributed by atoms with van der Waals surface area (Å²) in [4.78, 5) is 28.3. The van der Waals surface area contributed by atoms with E-state index < -0.39 is 11.1 Å². The van der Waals surface area contributed by atoms with Gasteiger partial charge in [0.05, 0.1) is 6.54 Å². The molecule has 2 heterocycles. The average Bonchev–Trinajstić information content (AvgIpc) is 2.39. The van der Waals surface area contributed by atoms with Crippen LogP contribution in [0.15, 0.2) is 44.9 Å². The molecular weight excluding hydrogens is 322 g/mol. The van der Waals surface area contributed by atoms with Gasteiger partial charge in [-0.05, 0) is 46.8 Å². The quantitative estimate of drug-likeness (QED) is 0.636. The lowest BCUT2D eigenvalue weighted by atomic mass is 9.93. The highest BCUT2D eigenvalue weighted by Gasteiger charge is 2.21. The third-order valence-corrected chi connectivity index (χ3v) is 4.16. The van der Waals surface area contributed by atoms with E-state index >= 15 is 0 Å². The molecule has 20 heavy (non-hydrogen) atoms. The molecule has 2 aromatic heterocycles. The SMILES string of the molecule is O=c1c(=O)n(C2CCC2)ccn1Cc1ccc(Br)nc1. The fraction of sp³-hybridized carbons (Fsp3) is 0.357. The number of halogens is 1. The van der Waals surface area contributed by atoms with Crippen molar-refractivity contribution in [2.24, 2.45) is 0 Å². The number of pyridine rings is 1. The van der Waals surface area contributed by atoms with E-state index in [1.165, 1.54) is 4.57 Å². The van der Waals surface area contributed by atoms with Gasteiger partial charge in [0.2, 0.25) is 0 Å². The highest BCUT2D eigenvalue weighted by Crippen LogP contribution is 2.29. The van der Waals surface area contributed by atoms with Crippen molar-refractivity contribution < 1.29 is 0 Å². The molecule has 5 nitrogen and oxygen atoms in total. The molecule has 0 radical (unpaired) electrons. The van der Waals surface area contributed by atoms with Crippen molar-refractivity contribution in [1.82, 2.24) is 14.1 Å². The van der Waals surface area contributed by atoms with Gasteiger partial charge in [0.1, 0.15) is 4.60 Å². The molecule has 0 N–H and O–H groups in total. The van der Waals surface area contributed by atoms with E-state index in [4.69, 9.17) is 0 Å². The van der Waals surface area contributed by atoms with Crippen LogP contribution in [0.2, 0.25) is 0 Å². The van der Waals surface area contributed by atoms with Crippen molar-refractivity contribution in [2.45, 2.75) is 31.8 Å². The van der Waals surface area contributed by atoms with Crippen molar-refractivity contribution in [2.75, 3.05) is 0 Å². The van der Waals surface area contributed by atoms with E-state index in [9.17, 15) is 9.59 Å². The molecule has 0 unspecified atom stereocenters. The zero-order chi connectivity index (χ0) is 14.1. The van der Waals surface area contributed by atoms with Crippen LogP contribution in [-0.4, -0.2) is 14.1 Å². The Morgan fingerprint density at radius 2 is 2.00 bits per heavy atom. The topological polar surface area (TPSA) is 56.9 Å². The Morgan fingerprint density at radius 3 is 2.60 bits per heavy atom. The molecule has 0 saturated heterocycles. The van der Waals surface area contributed by atoms with Crippen LogP contribution in [0.4, 0.5) is 0 Å². The second-order valence-corrected chi connectivity index (χ2v) is 5.83. The number of hydrogen-bond acceptors (Lipinski definition) is 3. The molecule has 3 rings (SSSR count). The lowest BCUT2D eigenvalue weighted by Gasteiger charge is -2.27. The Labute approximate surface area is 124 Å². The summed E-state index contributed by atoms with van der Waals surface area (Å²) < 4.78 is 3.75. The summed E-state index contributed by atoms with van der Waals surface area (Å²) in [5.74, 6) is 0. The summed E-state index contributed by atoms with van der Waals surface area (Å²) in [5, 5.41) is 0. The summed E-state index contributed by atoms with van der Waals surface area (Å²) in [6.07, 6.45) is 8.20. The highest BCUT2D eigenvalue weighted by molar-refractivity contribution is 9.10. The zero-order valence-corrected chi connectivity index (χ0v) is 12.4. The zero-order valence-electron chi connectivity index (χ0n) is 10.8. The molecule has 1 aliphatic rings. The first-order valence-corrected chi connectivity index (χ1v) is 7.36. The van der Waals surface area contributed by atoms with E-state index in [1.807, 2.05) is 12.1 Å². The maximum atomic E-state index is 12.1. The fourth-order valence-electron chi connectivity index (χ4n) is 2.29. The summed E-state index contributed by atoms with van der Waals surface area (Å²) in [6, 6.07) is 3.90. The Morgan fingerprint density at radius 1 is 1.20 bits per heavy atom. The normalized spacial score (nSPS) is 15.1. The Kier molecular flexibility index (Phi) is 3.56. The first kappa shape index (κ1) is 13.3. The van der Waals surface area contributed by atoms with Crippen LogP contribution < -0.4 is 11.1 Å². The molecule has 0 amide bonds. The monoisotopic (exact) mass is 335 g/mol. The number of rotatable bonds is 3. The third-order valence-electron chi connectivity index (χ3n) is 3.70. The predicted molar refractivity (Wildman–Crippen MR) is 78.9 cm³/mol. The molecule has 1 aliphatic carbocycles. The first-order chi connectivity index (χ1) is 9.65. The molecular formula is C14H14BrN3O2. The minimum absolute atomic E-state index is 0.208. The number of aromatic nitrogens is 3. The third kappa shape index (κ3) is 2.47. The van der Waals surface area contributed by atoms with Gasteiger partial charge in [0, 0.05) is 24.6 Å². The fourth-order valence-corrected chi connectivity index (χ4v) is 2.53. The van der Waals surface area contributed by atoms with E-state index in [0.29, 0.717) is 6.54 Å². The summed E-state index contributed by atoms with van der Waals surface area (Å²) in [5.41, 5.74) is -0.0133. The van der Waals surface area contributed by atoms with Crippen LogP contribution in [0.5, 0.6) is 0 Å². The van der Waals surface area contributed by atoms with Crippen molar-refractivity contribution in [3.05, 3.63) is 61.6 Å². The van der Waals surface area contributed by atoms with Gasteiger partial charge >= 0.3 is 11.1 Å². The van der Waals surface area contributed by atoms with E-state index in [-0.39, 0.29) is 6.04 Å². The summed E-state index contributed by atoms with van der Waals surface area (Å²) in [7, 11) is 0. The van der Waals surface area contributed by atoms with Crippen LogP contribution in [-0.2, 0) is 6.54 Å². The lowest BCUT2D eigenvalue weighted by Crippen LogP contribution is -2.43. The minimum Gasteiger partial charge on any atom is -0.306 e. The molecule has 1 fully saturated rings. The van der Waals surface area contributed by atoms with Gasteiger partial charge in [-0.3, -0.25) is 9.59 Å². The van der Waals surface area contributed by atoms with Crippen LogP contribution >= 0.6 is 15.9 Å². The molecule has 6 heteroatoms. The smallest absolute Gasteiger partial charge is 0.306 e. The van der Waals surface area contributed by atoms with E-state index in [1.54, 1.807) is 23.2 Å². The predicted octanol–water partition coefficient (Wildman–Crippen LogP) is 1.94. The average molecular weight is 336 g/mol. The number of hydrogen-bond donors (Lipinski definition) is 0. The van der Waals surface area contributed by atoms with Gasteiger partial charge in [-0.15, -0.1) is 0 Å². The second kappa shape index (κ2) is 5.36. The van der Waals surface area contributed by atoms with Crippen LogP contribution in [0, 0.1) is 0 Å². The summed E-state index contributed by atoms with van der Waals surface area (Å²) >= 11 is 3.26. The van der Waals surface area contributed by atoms with Crippen molar-refractivity contribution in [1.29, 1.82) is 0 Å². The molecule has 0 aliphatic heterocycles. The lowest BCUT2D eigenvalue weighted by molar-refractivity contribution is 0.303. The highest BCUT2D eigenvalue weighted by atomic mass is 79.9. The van der Waals surface area contributed by atoms with Gasteiger partial charge in [-0.2, -0.15) is 0 Å². The Bertz CT molecular complexity index is 729. The molecule has 1 saturated carbocycles. The van der Waals surface area contributed by atoms with Gasteiger partial charge in [-0.1, -0.05) is 6.07 Å². The maximum absolute atomic E-state index is 12.1. The van der Waals surface area contributed by atoms with Gasteiger partial charge in [0.15, 0.2) is 0 Å². The Balaban J connectivity index is 1.91. The molecule has 0 spiro atoms. The molecule has 104 valence electrons. The van der Waals surface area contributed by atoms with Crippen molar-refractivity contribution in [3.8, 4) is 0 Å². The van der Waals surface area contributed by atoms with Gasteiger partial charge < -0.3 is 9.13 Å². The first-order valence-electron chi connectivity index (χ1n) is 6.57. The maximum Gasteiger partial charge on any atom is 0.316 e. The van der Waals surface area contributed by atoms with Crippen molar-refractivity contribution >= 4 is 15.9 Å². The van der Waals surface area contributed by atoms with Crippen LogP contribution in [0.1, 0.15) is 30.9 Å². The van der Waals surface area contributed by atoms with Gasteiger partial charge in [-0.25, -0.2) is 4.98 Å². The minimum atomic E-state index is -0.470. The molecule has 0 aromatic carbocycles. The summed E-state index contributed by atoms with van der Waals surface area (Å²) in [6.45, 7) is 0.361. The Hall–Kier alpha value is -1.69. The standard InChI is InChI=1S/C14H14BrN3O2/c15-12-5-4-10(8-16-12)9-17-6-7-18(11-2-1-3-11)14(20)13(17)19/h4-8,11H,1-3,9H2. The molecule has 0 atom stereocenters. The van der Waals surface area contributed by atoms with Crippen LogP contribution in [0.25, 0.3) is 0 Å². The molecule has 2 aromatic rings. The van der Waals surface area contributed by atoms with Crippen molar-refractivity contribution in [3.63, 3.8) is 0 Å². The van der Waals surface area contributed by atoms with E-state index in [2.05, 4.69) is 20.9 Å². The van der Waals surface area contributed by atoms with E-state index in [0.717, 1.165) is 29.4 Å². The van der Waals surface area contributed by atoms with Gasteiger partial charge in [0.25, 0.3) is 0 Å².